The molecule has 0 fully saturated rings. The Balaban J connectivity index is 2.63. The van der Waals surface area contributed by atoms with Crippen LogP contribution < -0.4 is 5.73 Å². The Kier molecular flexibility index (Phi) is 5.40. The van der Waals surface area contributed by atoms with Crippen LogP contribution in [0.15, 0.2) is 18.2 Å². The molecule has 2 N–H and O–H groups in total. The van der Waals surface area contributed by atoms with Crippen molar-refractivity contribution < 1.29 is 0 Å². The summed E-state index contributed by atoms with van der Waals surface area (Å²) in [5, 5.41) is 1.45. The van der Waals surface area contributed by atoms with Gasteiger partial charge in [0.2, 0.25) is 0 Å². The molecule has 0 aliphatic heterocycles. The first kappa shape index (κ1) is 12.8. The highest BCUT2D eigenvalue weighted by Crippen LogP contribution is 2.25. The molecule has 0 unspecified atom stereocenters. The van der Waals surface area contributed by atoms with Crippen LogP contribution in [-0.4, -0.2) is 25.0 Å². The second-order valence-corrected chi connectivity index (χ2v) is 4.39. The van der Waals surface area contributed by atoms with Crippen LogP contribution in [-0.2, 0) is 6.54 Å². The van der Waals surface area contributed by atoms with Gasteiger partial charge >= 0.3 is 0 Å². The maximum Gasteiger partial charge on any atom is 0.0465 e. The topological polar surface area (TPSA) is 29.3 Å². The zero-order chi connectivity index (χ0) is 11.3. The third-order valence-electron chi connectivity index (χ3n) is 2.23. The molecule has 0 saturated carbocycles. The van der Waals surface area contributed by atoms with E-state index in [2.05, 4.69) is 4.90 Å². The van der Waals surface area contributed by atoms with Gasteiger partial charge in [0.05, 0.1) is 0 Å². The van der Waals surface area contributed by atoms with Crippen LogP contribution in [0.5, 0.6) is 0 Å². The largest absolute Gasteiger partial charge is 0.330 e. The summed E-state index contributed by atoms with van der Waals surface area (Å²) in [7, 11) is 2.04. The van der Waals surface area contributed by atoms with Gasteiger partial charge in [-0.25, -0.2) is 0 Å². The summed E-state index contributed by atoms with van der Waals surface area (Å²) < 4.78 is 0. The Morgan fingerprint density at radius 2 is 1.87 bits per heavy atom. The minimum atomic E-state index is 0.709. The summed E-state index contributed by atoms with van der Waals surface area (Å²) in [4.78, 5) is 2.17. The van der Waals surface area contributed by atoms with Crippen LogP contribution in [0.3, 0.4) is 0 Å². The van der Waals surface area contributed by atoms with E-state index in [9.17, 15) is 0 Å². The van der Waals surface area contributed by atoms with Crippen molar-refractivity contribution in [3.63, 3.8) is 0 Å². The van der Waals surface area contributed by atoms with Crippen molar-refractivity contribution in [2.24, 2.45) is 5.73 Å². The first-order chi connectivity index (χ1) is 7.15. The van der Waals surface area contributed by atoms with Gasteiger partial charge in [-0.05, 0) is 38.7 Å². The van der Waals surface area contributed by atoms with Crippen molar-refractivity contribution in [2.75, 3.05) is 20.1 Å². The first-order valence-corrected chi connectivity index (χ1v) is 5.72. The summed E-state index contributed by atoms with van der Waals surface area (Å²) >= 11 is 12.1. The van der Waals surface area contributed by atoms with Crippen LogP contribution in [0.25, 0.3) is 0 Å². The van der Waals surface area contributed by atoms with Crippen molar-refractivity contribution in [3.05, 3.63) is 33.8 Å². The van der Waals surface area contributed by atoms with Crippen LogP contribution in [0.1, 0.15) is 12.0 Å². The van der Waals surface area contributed by atoms with Gasteiger partial charge in [0, 0.05) is 22.2 Å². The predicted octanol–water partition coefficient (Wildman–Crippen LogP) is 2.77. The minimum absolute atomic E-state index is 0.709. The molecule has 0 amide bonds. The van der Waals surface area contributed by atoms with E-state index in [1.165, 1.54) is 0 Å². The molecule has 1 aromatic rings. The summed E-state index contributed by atoms with van der Waals surface area (Å²) in [5.41, 5.74) is 6.44. The molecular formula is C11H16Cl2N2. The molecule has 0 aromatic heterocycles. The van der Waals surface area contributed by atoms with E-state index in [0.717, 1.165) is 35.1 Å². The molecular weight excluding hydrogens is 231 g/mol. The number of nitrogens with zero attached hydrogens (tertiary/aromatic N) is 1. The van der Waals surface area contributed by atoms with Crippen LogP contribution in [0, 0.1) is 0 Å². The van der Waals surface area contributed by atoms with E-state index >= 15 is 0 Å². The average molecular weight is 247 g/mol. The van der Waals surface area contributed by atoms with Crippen molar-refractivity contribution >= 4 is 23.2 Å². The minimum Gasteiger partial charge on any atom is -0.330 e. The molecule has 1 aromatic carbocycles. The third-order valence-corrected chi connectivity index (χ3v) is 2.94. The molecule has 0 saturated heterocycles. The van der Waals surface area contributed by atoms with E-state index in [4.69, 9.17) is 28.9 Å². The maximum absolute atomic E-state index is 6.07. The van der Waals surface area contributed by atoms with Crippen molar-refractivity contribution in [3.8, 4) is 0 Å². The number of rotatable bonds is 5. The lowest BCUT2D eigenvalue weighted by Crippen LogP contribution is -2.21. The Morgan fingerprint density at radius 3 is 2.40 bits per heavy atom. The SMILES string of the molecule is CN(CCCN)Cc1c(Cl)cccc1Cl. The highest BCUT2D eigenvalue weighted by Gasteiger charge is 2.07. The van der Waals surface area contributed by atoms with E-state index in [1.807, 2.05) is 25.2 Å². The van der Waals surface area contributed by atoms with Gasteiger partial charge in [-0.3, -0.25) is 0 Å². The summed E-state index contributed by atoms with van der Waals surface area (Å²) in [6.07, 6.45) is 0.985. The lowest BCUT2D eigenvalue weighted by atomic mass is 10.2. The lowest BCUT2D eigenvalue weighted by molar-refractivity contribution is 0.324. The second-order valence-electron chi connectivity index (χ2n) is 3.58. The molecule has 0 bridgehead atoms. The summed E-state index contributed by atoms with van der Waals surface area (Å²) in [5.74, 6) is 0. The highest BCUT2D eigenvalue weighted by atomic mass is 35.5. The summed E-state index contributed by atoms with van der Waals surface area (Å²) in [6, 6.07) is 5.58. The van der Waals surface area contributed by atoms with E-state index in [1.54, 1.807) is 0 Å². The van der Waals surface area contributed by atoms with Crippen LogP contribution in [0.2, 0.25) is 10.0 Å². The molecule has 1 rings (SSSR count). The molecule has 2 nitrogen and oxygen atoms in total. The Bertz CT molecular complexity index is 295. The van der Waals surface area contributed by atoms with Gasteiger partial charge in [0.1, 0.15) is 0 Å². The zero-order valence-corrected chi connectivity index (χ0v) is 10.4. The monoisotopic (exact) mass is 246 g/mol. The van der Waals surface area contributed by atoms with E-state index in [0.29, 0.717) is 6.54 Å². The average Bonchev–Trinajstić information content (AvgIpc) is 2.21. The molecule has 0 aliphatic rings. The maximum atomic E-state index is 6.07. The standard InChI is InChI=1S/C11H16Cl2N2/c1-15(7-3-6-14)8-9-10(12)4-2-5-11(9)13/h2,4-5H,3,6-8,14H2,1H3. The molecule has 4 heteroatoms. The molecule has 84 valence electrons. The van der Waals surface area contributed by atoms with Gasteiger partial charge in [0.25, 0.3) is 0 Å². The fourth-order valence-corrected chi connectivity index (χ4v) is 1.91. The fourth-order valence-electron chi connectivity index (χ4n) is 1.39. The van der Waals surface area contributed by atoms with Gasteiger partial charge in [0.15, 0.2) is 0 Å². The third kappa shape index (κ3) is 3.99. The summed E-state index contributed by atoms with van der Waals surface area (Å²) in [6.45, 7) is 2.43. The molecule has 0 radical (unpaired) electrons. The molecule has 0 aliphatic carbocycles. The van der Waals surface area contributed by atoms with Gasteiger partial charge in [-0.1, -0.05) is 29.3 Å². The predicted molar refractivity (Wildman–Crippen MR) is 66.5 cm³/mol. The number of hydrogen-bond donors (Lipinski definition) is 1. The number of hydrogen-bond acceptors (Lipinski definition) is 2. The Morgan fingerprint density at radius 1 is 1.27 bits per heavy atom. The molecule has 0 atom stereocenters. The second kappa shape index (κ2) is 6.33. The van der Waals surface area contributed by atoms with Crippen LogP contribution in [0.4, 0.5) is 0 Å². The van der Waals surface area contributed by atoms with Gasteiger partial charge in [-0.15, -0.1) is 0 Å². The zero-order valence-electron chi connectivity index (χ0n) is 8.84. The van der Waals surface area contributed by atoms with E-state index in [-0.39, 0.29) is 0 Å². The van der Waals surface area contributed by atoms with Gasteiger partial charge in [-0.2, -0.15) is 0 Å². The lowest BCUT2D eigenvalue weighted by Gasteiger charge is -2.17. The van der Waals surface area contributed by atoms with Crippen molar-refractivity contribution in [2.45, 2.75) is 13.0 Å². The van der Waals surface area contributed by atoms with Crippen LogP contribution >= 0.6 is 23.2 Å². The molecule has 0 heterocycles. The smallest absolute Gasteiger partial charge is 0.0465 e. The highest BCUT2D eigenvalue weighted by molar-refractivity contribution is 6.35. The van der Waals surface area contributed by atoms with Crippen molar-refractivity contribution in [1.82, 2.24) is 4.90 Å². The van der Waals surface area contributed by atoms with E-state index < -0.39 is 0 Å². The molecule has 0 spiro atoms. The first-order valence-electron chi connectivity index (χ1n) is 4.96. The quantitative estimate of drug-likeness (QED) is 0.866. The normalized spacial score (nSPS) is 11.0. The number of nitrogens with two attached hydrogens (primary N) is 1. The number of benzene rings is 1. The molecule has 15 heavy (non-hydrogen) atoms. The Labute approximate surface area is 101 Å². The Hall–Kier alpha value is -0.280. The fraction of sp³-hybridized carbons (Fsp3) is 0.455. The van der Waals surface area contributed by atoms with Crippen molar-refractivity contribution in [1.29, 1.82) is 0 Å². The van der Waals surface area contributed by atoms with Gasteiger partial charge < -0.3 is 10.6 Å². The number of halogens is 2.